The number of carbonyl (C=O) groups is 4. The van der Waals surface area contributed by atoms with Crippen molar-refractivity contribution in [2.75, 3.05) is 25.6 Å². The van der Waals surface area contributed by atoms with Gasteiger partial charge in [0.05, 0.1) is 29.2 Å². The molecule has 0 aromatic heterocycles. The first kappa shape index (κ1) is 24.1. The van der Waals surface area contributed by atoms with Gasteiger partial charge in [-0.2, -0.15) is 0 Å². The number of ether oxygens (including phenoxy) is 2. The second-order valence-electron chi connectivity index (χ2n) is 6.66. The number of hydrogen-bond acceptors (Lipinski definition) is 8. The number of rotatable bonds is 7. The molecule has 0 aliphatic carbocycles. The Morgan fingerprint density at radius 1 is 1.21 bits per heavy atom. The number of nitrogens with one attached hydrogen (secondary N) is 1. The Morgan fingerprint density at radius 2 is 1.97 bits per heavy atom. The molecule has 1 aliphatic heterocycles. The van der Waals surface area contributed by atoms with E-state index in [0.717, 1.165) is 4.90 Å². The Labute approximate surface area is 198 Å². The van der Waals surface area contributed by atoms with Crippen molar-refractivity contribution in [3.05, 3.63) is 57.5 Å². The summed E-state index contributed by atoms with van der Waals surface area (Å²) in [6.45, 7) is 1.30. The zero-order valence-electron chi connectivity index (χ0n) is 17.6. The fourth-order valence-corrected chi connectivity index (χ4v) is 3.92. The van der Waals surface area contributed by atoms with Crippen LogP contribution in [0.2, 0.25) is 5.02 Å². The molecule has 0 atom stereocenters. The summed E-state index contributed by atoms with van der Waals surface area (Å²) in [6, 6.07) is 8.73. The number of aromatic hydroxyl groups is 1. The fraction of sp³-hybridized carbons (Fsp3) is 0.182. The lowest BCUT2D eigenvalue weighted by atomic mass is 10.2. The number of hydrogen-bond donors (Lipinski definition) is 2. The monoisotopic (exact) mass is 490 g/mol. The number of benzene rings is 2. The van der Waals surface area contributed by atoms with Crippen LogP contribution in [0.5, 0.6) is 11.5 Å². The van der Waals surface area contributed by atoms with Gasteiger partial charge in [-0.1, -0.05) is 17.7 Å². The van der Waals surface area contributed by atoms with E-state index in [4.69, 9.17) is 21.1 Å². The third kappa shape index (κ3) is 5.65. The van der Waals surface area contributed by atoms with Gasteiger partial charge in [0.15, 0.2) is 11.5 Å². The van der Waals surface area contributed by atoms with Crippen LogP contribution < -0.4 is 10.1 Å². The molecule has 0 saturated carbocycles. The lowest BCUT2D eigenvalue weighted by Gasteiger charge is -2.13. The van der Waals surface area contributed by atoms with E-state index in [-0.39, 0.29) is 39.3 Å². The Hall–Kier alpha value is -3.50. The van der Waals surface area contributed by atoms with Crippen LogP contribution in [-0.2, 0) is 14.3 Å². The van der Waals surface area contributed by atoms with E-state index in [0.29, 0.717) is 17.3 Å². The Kier molecular flexibility index (Phi) is 7.62. The molecule has 0 spiro atoms. The molecule has 2 N–H and O–H groups in total. The number of nitrogens with zero attached hydrogens (tertiary/aromatic N) is 1. The zero-order chi connectivity index (χ0) is 24.1. The van der Waals surface area contributed by atoms with Crippen LogP contribution in [0.15, 0.2) is 41.3 Å². The molecule has 33 heavy (non-hydrogen) atoms. The maximum Gasteiger partial charge on any atom is 0.339 e. The summed E-state index contributed by atoms with van der Waals surface area (Å²) in [5.74, 6) is -1.75. The molecule has 3 rings (SSSR count). The second-order valence-corrected chi connectivity index (χ2v) is 8.06. The van der Waals surface area contributed by atoms with E-state index in [1.165, 1.54) is 43.5 Å². The zero-order valence-corrected chi connectivity index (χ0v) is 19.2. The van der Waals surface area contributed by atoms with E-state index >= 15 is 0 Å². The topological polar surface area (TPSA) is 122 Å². The van der Waals surface area contributed by atoms with Crippen LogP contribution >= 0.6 is 23.4 Å². The summed E-state index contributed by atoms with van der Waals surface area (Å²) >= 11 is 6.70. The minimum atomic E-state index is -0.638. The third-order valence-corrected chi connectivity index (χ3v) is 5.66. The predicted octanol–water partition coefficient (Wildman–Crippen LogP) is 3.91. The number of halogens is 1. The van der Waals surface area contributed by atoms with Crippen molar-refractivity contribution in [2.24, 2.45) is 0 Å². The van der Waals surface area contributed by atoms with E-state index in [2.05, 4.69) is 5.32 Å². The van der Waals surface area contributed by atoms with Crippen LogP contribution in [0.1, 0.15) is 22.8 Å². The van der Waals surface area contributed by atoms with Gasteiger partial charge >= 0.3 is 5.97 Å². The average Bonchev–Trinajstić information content (AvgIpc) is 3.03. The summed E-state index contributed by atoms with van der Waals surface area (Å²) in [5.41, 5.74) is 0.869. The first-order valence-electron chi connectivity index (χ1n) is 9.62. The van der Waals surface area contributed by atoms with Gasteiger partial charge in [-0.3, -0.25) is 19.3 Å². The van der Waals surface area contributed by atoms with Crippen molar-refractivity contribution in [1.82, 2.24) is 4.90 Å². The van der Waals surface area contributed by atoms with Crippen LogP contribution in [0.4, 0.5) is 10.5 Å². The third-order valence-electron chi connectivity index (χ3n) is 4.42. The normalized spacial score (nSPS) is 14.5. The highest BCUT2D eigenvalue weighted by Gasteiger charge is 2.36. The number of imide groups is 1. The Balaban J connectivity index is 1.71. The standard InChI is InChI=1S/C22H19ClN2O7S/c1-3-32-21(29)14-10-13(5-6-15(14)23)24-19(27)11-25-20(28)18(33-22(25)30)9-12-4-7-16(26)17(8-12)31-2/h4-10,26H,3,11H2,1-2H3,(H,24,27)/b18-9+. The number of thioether (sulfide) groups is 1. The molecule has 9 nitrogen and oxygen atoms in total. The summed E-state index contributed by atoms with van der Waals surface area (Å²) in [7, 11) is 1.39. The lowest BCUT2D eigenvalue weighted by Crippen LogP contribution is -2.36. The van der Waals surface area contributed by atoms with E-state index in [1.807, 2.05) is 0 Å². The highest BCUT2D eigenvalue weighted by atomic mass is 35.5. The molecule has 11 heteroatoms. The van der Waals surface area contributed by atoms with Crippen molar-refractivity contribution >= 4 is 58.1 Å². The molecular formula is C22H19ClN2O7S. The molecular weight excluding hydrogens is 472 g/mol. The number of esters is 1. The Morgan fingerprint density at radius 3 is 2.67 bits per heavy atom. The second kappa shape index (κ2) is 10.4. The maximum atomic E-state index is 12.7. The van der Waals surface area contributed by atoms with Crippen molar-refractivity contribution in [3.63, 3.8) is 0 Å². The summed E-state index contributed by atoms with van der Waals surface area (Å²) in [5, 5.41) is 11.8. The number of phenols is 1. The van der Waals surface area contributed by atoms with E-state index < -0.39 is 29.6 Å². The SMILES string of the molecule is CCOC(=O)c1cc(NC(=O)CN2C(=O)S/C(=C/c3ccc(O)c(OC)c3)C2=O)ccc1Cl. The van der Waals surface area contributed by atoms with Gasteiger partial charge in [0.1, 0.15) is 6.54 Å². The van der Waals surface area contributed by atoms with Gasteiger partial charge in [0.2, 0.25) is 5.91 Å². The molecule has 1 fully saturated rings. The Bertz CT molecular complexity index is 1170. The van der Waals surface area contributed by atoms with Gasteiger partial charge in [-0.05, 0) is 60.7 Å². The van der Waals surface area contributed by atoms with Gasteiger partial charge < -0.3 is 19.9 Å². The number of amides is 3. The molecule has 3 amide bonds. The fourth-order valence-electron chi connectivity index (χ4n) is 2.88. The summed E-state index contributed by atoms with van der Waals surface area (Å²) in [6.07, 6.45) is 1.47. The highest BCUT2D eigenvalue weighted by Crippen LogP contribution is 2.34. The van der Waals surface area contributed by atoms with Gasteiger partial charge in [-0.15, -0.1) is 0 Å². The maximum absolute atomic E-state index is 12.7. The first-order chi connectivity index (χ1) is 15.7. The van der Waals surface area contributed by atoms with E-state index in [1.54, 1.807) is 13.0 Å². The molecule has 0 unspecified atom stereocenters. The van der Waals surface area contributed by atoms with Crippen LogP contribution in [0.3, 0.4) is 0 Å². The molecule has 1 heterocycles. The smallest absolute Gasteiger partial charge is 0.339 e. The number of carbonyl (C=O) groups excluding carboxylic acids is 4. The molecule has 2 aromatic carbocycles. The van der Waals surface area contributed by atoms with E-state index in [9.17, 15) is 24.3 Å². The van der Waals surface area contributed by atoms with Crippen molar-refractivity contribution in [2.45, 2.75) is 6.92 Å². The quantitative estimate of drug-likeness (QED) is 0.442. The molecule has 1 aliphatic rings. The van der Waals surface area contributed by atoms with Gasteiger partial charge in [0, 0.05) is 5.69 Å². The van der Waals surface area contributed by atoms with Crippen molar-refractivity contribution in [1.29, 1.82) is 0 Å². The summed E-state index contributed by atoms with van der Waals surface area (Å²) < 4.78 is 9.96. The van der Waals surface area contributed by atoms with Crippen LogP contribution in [0.25, 0.3) is 6.08 Å². The van der Waals surface area contributed by atoms with Gasteiger partial charge in [-0.25, -0.2) is 4.79 Å². The predicted molar refractivity (Wildman–Crippen MR) is 123 cm³/mol. The highest BCUT2D eigenvalue weighted by molar-refractivity contribution is 8.18. The minimum absolute atomic E-state index is 0.0623. The number of anilines is 1. The van der Waals surface area contributed by atoms with Crippen LogP contribution in [0, 0.1) is 0 Å². The van der Waals surface area contributed by atoms with Gasteiger partial charge in [0.25, 0.3) is 11.1 Å². The molecule has 2 aromatic rings. The summed E-state index contributed by atoms with van der Waals surface area (Å²) in [4.78, 5) is 50.3. The minimum Gasteiger partial charge on any atom is -0.504 e. The van der Waals surface area contributed by atoms with Crippen molar-refractivity contribution < 1.29 is 33.8 Å². The molecule has 172 valence electrons. The lowest BCUT2D eigenvalue weighted by molar-refractivity contribution is -0.127. The molecule has 1 saturated heterocycles. The van der Waals surface area contributed by atoms with Crippen LogP contribution in [-0.4, -0.2) is 53.3 Å². The first-order valence-corrected chi connectivity index (χ1v) is 10.8. The number of methoxy groups -OCH3 is 1. The molecule has 0 radical (unpaired) electrons. The average molecular weight is 491 g/mol. The molecule has 0 bridgehead atoms. The number of phenolic OH excluding ortho intramolecular Hbond substituents is 1. The largest absolute Gasteiger partial charge is 0.504 e. The van der Waals surface area contributed by atoms with Crippen molar-refractivity contribution in [3.8, 4) is 11.5 Å².